The molecule has 50 heavy (non-hydrogen) atoms. The normalized spacial score (nSPS) is 14.6. The van der Waals surface area contributed by atoms with Gasteiger partial charge in [0.2, 0.25) is 0 Å². The SMILES string of the molecule is CC1(C)CCC(C)(C)c2c(N(c3ccccc3)c3ccc(-c4ccc(N(c5ccccc5)c5cccc6ccccc56)cc4)cc3)cccc21. The number of para-hydroxylation sites is 2. The fraction of sp³-hybridized carbons (Fsp3) is 0.167. The first-order valence-corrected chi connectivity index (χ1v) is 17.8. The molecule has 0 bridgehead atoms. The fourth-order valence-corrected chi connectivity index (χ4v) is 7.90. The number of rotatable bonds is 7. The summed E-state index contributed by atoms with van der Waals surface area (Å²) in [5.41, 5.74) is 12.6. The van der Waals surface area contributed by atoms with Crippen molar-refractivity contribution in [1.29, 1.82) is 0 Å². The Labute approximate surface area is 297 Å². The van der Waals surface area contributed by atoms with Crippen molar-refractivity contribution in [3.05, 3.63) is 181 Å². The Morgan fingerprint density at radius 2 is 0.820 bits per heavy atom. The largest absolute Gasteiger partial charge is 0.310 e. The average Bonchev–Trinajstić information content (AvgIpc) is 3.15. The number of fused-ring (bicyclic) bond motifs is 2. The predicted molar refractivity (Wildman–Crippen MR) is 214 cm³/mol. The van der Waals surface area contributed by atoms with E-state index >= 15 is 0 Å². The molecule has 0 spiro atoms. The second-order valence-corrected chi connectivity index (χ2v) is 14.9. The summed E-state index contributed by atoms with van der Waals surface area (Å²) in [5.74, 6) is 0. The minimum atomic E-state index is 0.0792. The number of benzene rings is 7. The zero-order chi connectivity index (χ0) is 34.3. The van der Waals surface area contributed by atoms with Crippen LogP contribution < -0.4 is 9.80 Å². The first-order valence-electron chi connectivity index (χ1n) is 17.8. The van der Waals surface area contributed by atoms with Gasteiger partial charge in [0.15, 0.2) is 0 Å². The van der Waals surface area contributed by atoms with Gasteiger partial charge >= 0.3 is 0 Å². The Morgan fingerprint density at radius 3 is 1.42 bits per heavy atom. The van der Waals surface area contributed by atoms with Crippen LogP contribution in [0.1, 0.15) is 51.7 Å². The van der Waals surface area contributed by atoms with Crippen molar-refractivity contribution < 1.29 is 0 Å². The molecule has 1 aliphatic rings. The molecule has 0 aromatic heterocycles. The third-order valence-electron chi connectivity index (χ3n) is 10.7. The highest BCUT2D eigenvalue weighted by Crippen LogP contribution is 2.51. The Hall–Kier alpha value is -5.60. The van der Waals surface area contributed by atoms with E-state index in [9.17, 15) is 0 Å². The molecule has 0 saturated carbocycles. The topological polar surface area (TPSA) is 6.48 Å². The molecule has 0 fully saturated rings. The van der Waals surface area contributed by atoms with E-state index < -0.39 is 0 Å². The number of hydrogen-bond donors (Lipinski definition) is 0. The van der Waals surface area contributed by atoms with E-state index in [2.05, 4.69) is 207 Å². The van der Waals surface area contributed by atoms with Crippen molar-refractivity contribution >= 4 is 44.9 Å². The molecule has 0 saturated heterocycles. The molecule has 1 aliphatic carbocycles. The van der Waals surface area contributed by atoms with Crippen molar-refractivity contribution in [2.45, 2.75) is 51.4 Å². The third kappa shape index (κ3) is 5.75. The molecule has 0 N–H and O–H groups in total. The summed E-state index contributed by atoms with van der Waals surface area (Å²) >= 11 is 0. The maximum Gasteiger partial charge on any atom is 0.0540 e. The summed E-state index contributed by atoms with van der Waals surface area (Å²) in [7, 11) is 0. The van der Waals surface area contributed by atoms with Gasteiger partial charge in [-0.25, -0.2) is 0 Å². The molecule has 0 aliphatic heterocycles. The van der Waals surface area contributed by atoms with Gasteiger partial charge in [-0.1, -0.05) is 137 Å². The molecular weight excluding hydrogens is 605 g/mol. The maximum absolute atomic E-state index is 2.46. The molecule has 7 aromatic carbocycles. The molecule has 0 heterocycles. The molecule has 2 heteroatoms. The summed E-state index contributed by atoms with van der Waals surface area (Å²) in [6.45, 7) is 9.64. The van der Waals surface area contributed by atoms with Crippen molar-refractivity contribution in [2.24, 2.45) is 0 Å². The lowest BCUT2D eigenvalue weighted by Crippen LogP contribution is -2.35. The van der Waals surface area contributed by atoms with Crippen LogP contribution in [-0.4, -0.2) is 0 Å². The van der Waals surface area contributed by atoms with Crippen LogP contribution in [0.15, 0.2) is 170 Å². The number of nitrogens with zero attached hydrogens (tertiary/aromatic N) is 2. The lowest BCUT2D eigenvalue weighted by Gasteiger charge is -2.44. The third-order valence-corrected chi connectivity index (χ3v) is 10.7. The Kier molecular flexibility index (Phi) is 8.04. The standard InChI is InChI=1S/C48H44N2/c1-47(2)33-34-48(3,4)46-43(47)22-14-24-45(46)50(39-19-9-6-10-20-39)41-31-27-36(28-32-41)35-25-29-40(30-26-35)49(38-17-7-5-8-18-38)44-23-13-16-37-15-11-12-21-42(37)44/h5-32H,33-34H2,1-4H3. The van der Waals surface area contributed by atoms with Crippen LogP contribution in [0, 0.1) is 0 Å². The monoisotopic (exact) mass is 648 g/mol. The zero-order valence-corrected chi connectivity index (χ0v) is 29.5. The van der Waals surface area contributed by atoms with Crippen LogP contribution in [-0.2, 0) is 10.8 Å². The molecule has 246 valence electrons. The Bertz CT molecular complexity index is 2240. The smallest absolute Gasteiger partial charge is 0.0540 e. The van der Waals surface area contributed by atoms with E-state index in [4.69, 9.17) is 0 Å². The van der Waals surface area contributed by atoms with Gasteiger partial charge in [0.1, 0.15) is 0 Å². The van der Waals surface area contributed by atoms with E-state index in [1.165, 1.54) is 62.9 Å². The first-order chi connectivity index (χ1) is 24.3. The van der Waals surface area contributed by atoms with Gasteiger partial charge in [-0.05, 0) is 112 Å². The van der Waals surface area contributed by atoms with Crippen LogP contribution >= 0.6 is 0 Å². The lowest BCUT2D eigenvalue weighted by atomic mass is 9.62. The van der Waals surface area contributed by atoms with Gasteiger partial charge in [0.25, 0.3) is 0 Å². The minimum absolute atomic E-state index is 0.0792. The zero-order valence-electron chi connectivity index (χ0n) is 29.5. The summed E-state index contributed by atoms with van der Waals surface area (Å²) in [6, 6.07) is 61.6. The van der Waals surface area contributed by atoms with Gasteiger partial charge < -0.3 is 9.80 Å². The molecule has 0 atom stereocenters. The van der Waals surface area contributed by atoms with Gasteiger partial charge in [-0.15, -0.1) is 0 Å². The Balaban J connectivity index is 1.17. The van der Waals surface area contributed by atoms with E-state index in [1.54, 1.807) is 0 Å². The fourth-order valence-electron chi connectivity index (χ4n) is 7.90. The lowest BCUT2D eigenvalue weighted by molar-refractivity contribution is 0.332. The van der Waals surface area contributed by atoms with E-state index in [0.717, 1.165) is 17.1 Å². The quantitative estimate of drug-likeness (QED) is 0.170. The number of hydrogen-bond acceptors (Lipinski definition) is 2. The molecule has 0 radical (unpaired) electrons. The second-order valence-electron chi connectivity index (χ2n) is 14.9. The minimum Gasteiger partial charge on any atom is -0.310 e. The van der Waals surface area contributed by atoms with E-state index in [1.807, 2.05) is 0 Å². The predicted octanol–water partition coefficient (Wildman–Crippen LogP) is 13.8. The molecule has 8 rings (SSSR count). The molecule has 0 unspecified atom stereocenters. The van der Waals surface area contributed by atoms with Gasteiger partial charge in [-0.3, -0.25) is 0 Å². The highest BCUT2D eigenvalue weighted by atomic mass is 15.1. The van der Waals surface area contributed by atoms with Gasteiger partial charge in [0, 0.05) is 28.1 Å². The van der Waals surface area contributed by atoms with E-state index in [-0.39, 0.29) is 10.8 Å². The summed E-state index contributed by atoms with van der Waals surface area (Å²) in [4.78, 5) is 4.81. The molecule has 0 amide bonds. The van der Waals surface area contributed by atoms with Gasteiger partial charge in [-0.2, -0.15) is 0 Å². The van der Waals surface area contributed by atoms with Crippen molar-refractivity contribution in [2.75, 3.05) is 9.80 Å². The summed E-state index contributed by atoms with van der Waals surface area (Å²) in [5, 5.41) is 2.46. The van der Waals surface area contributed by atoms with Crippen LogP contribution in [0.2, 0.25) is 0 Å². The highest BCUT2D eigenvalue weighted by molar-refractivity contribution is 5.99. The molecular formula is C48H44N2. The Morgan fingerprint density at radius 1 is 0.380 bits per heavy atom. The van der Waals surface area contributed by atoms with Crippen LogP contribution in [0.4, 0.5) is 34.1 Å². The summed E-state index contributed by atoms with van der Waals surface area (Å²) in [6.07, 6.45) is 2.37. The number of anilines is 6. The summed E-state index contributed by atoms with van der Waals surface area (Å²) < 4.78 is 0. The highest BCUT2D eigenvalue weighted by Gasteiger charge is 2.39. The van der Waals surface area contributed by atoms with Crippen molar-refractivity contribution in [1.82, 2.24) is 0 Å². The van der Waals surface area contributed by atoms with Crippen LogP contribution in [0.5, 0.6) is 0 Å². The van der Waals surface area contributed by atoms with Crippen molar-refractivity contribution in [3.63, 3.8) is 0 Å². The molecule has 7 aromatic rings. The van der Waals surface area contributed by atoms with E-state index in [0.29, 0.717) is 0 Å². The van der Waals surface area contributed by atoms with Crippen LogP contribution in [0.3, 0.4) is 0 Å². The van der Waals surface area contributed by atoms with Crippen molar-refractivity contribution in [3.8, 4) is 11.1 Å². The van der Waals surface area contributed by atoms with Crippen LogP contribution in [0.25, 0.3) is 21.9 Å². The second kappa shape index (κ2) is 12.7. The maximum atomic E-state index is 2.46. The molecule has 2 nitrogen and oxygen atoms in total. The average molecular weight is 649 g/mol. The first kappa shape index (κ1) is 31.7. The van der Waals surface area contributed by atoms with Gasteiger partial charge in [0.05, 0.1) is 11.4 Å².